The number of rotatable bonds is 4. The van der Waals surface area contributed by atoms with Crippen molar-refractivity contribution in [1.29, 1.82) is 0 Å². The van der Waals surface area contributed by atoms with Crippen molar-refractivity contribution in [2.75, 3.05) is 19.6 Å². The van der Waals surface area contributed by atoms with Gasteiger partial charge in [-0.05, 0) is 38.1 Å². The summed E-state index contributed by atoms with van der Waals surface area (Å²) in [5.74, 6) is -0.299. The molecule has 1 heterocycles. The topological polar surface area (TPSA) is 67.6 Å². The normalized spacial score (nSPS) is 17.4. The van der Waals surface area contributed by atoms with Gasteiger partial charge in [0.05, 0.1) is 12.6 Å². The smallest absolute Gasteiger partial charge is 0.185 e. The zero-order valence-corrected chi connectivity index (χ0v) is 11.4. The van der Waals surface area contributed by atoms with E-state index in [-0.39, 0.29) is 17.8 Å². The zero-order chi connectivity index (χ0) is 13.8. The molecule has 0 amide bonds. The van der Waals surface area contributed by atoms with Crippen molar-refractivity contribution in [2.45, 2.75) is 18.9 Å². The molecule has 0 spiro atoms. The van der Waals surface area contributed by atoms with Crippen LogP contribution in [-0.2, 0) is 0 Å². The minimum absolute atomic E-state index is 0.0108. The Morgan fingerprint density at radius 2 is 2.05 bits per heavy atom. The van der Waals surface area contributed by atoms with Gasteiger partial charge >= 0.3 is 0 Å². The molecular formula is C13H18ClFN4. The van der Waals surface area contributed by atoms with Gasteiger partial charge in [0.1, 0.15) is 5.82 Å². The van der Waals surface area contributed by atoms with Gasteiger partial charge in [-0.2, -0.15) is 0 Å². The maximum atomic E-state index is 14.1. The summed E-state index contributed by atoms with van der Waals surface area (Å²) in [4.78, 5) is 6.21. The number of nitrogens with zero attached hydrogens (tertiary/aromatic N) is 2. The van der Waals surface area contributed by atoms with E-state index in [1.54, 1.807) is 12.1 Å². The molecule has 1 atom stereocenters. The zero-order valence-electron chi connectivity index (χ0n) is 10.6. The molecule has 4 nitrogen and oxygen atoms in total. The standard InChI is InChI=1S/C13H18ClFN4/c14-9-4-3-5-10(15)12(9)11(8-18-13(16)17)19-6-1-2-7-19/h3-5,11H,1-2,6-8H2,(H4,16,17,18)/t11-/m1/s1. The van der Waals surface area contributed by atoms with Crippen LogP contribution in [0, 0.1) is 5.82 Å². The highest BCUT2D eigenvalue weighted by molar-refractivity contribution is 6.31. The third-order valence-electron chi connectivity index (χ3n) is 3.36. The molecular weight excluding hydrogens is 267 g/mol. The molecule has 0 aromatic heterocycles. The van der Waals surface area contributed by atoms with Crippen molar-refractivity contribution in [1.82, 2.24) is 4.90 Å². The molecule has 0 aliphatic carbocycles. The second kappa shape index (κ2) is 6.21. The van der Waals surface area contributed by atoms with E-state index >= 15 is 0 Å². The minimum atomic E-state index is -0.310. The molecule has 2 rings (SSSR count). The molecule has 0 bridgehead atoms. The summed E-state index contributed by atoms with van der Waals surface area (Å²) >= 11 is 6.14. The molecule has 1 aliphatic heterocycles. The van der Waals surface area contributed by atoms with Crippen LogP contribution in [0.1, 0.15) is 24.4 Å². The fourth-order valence-electron chi connectivity index (χ4n) is 2.46. The van der Waals surface area contributed by atoms with E-state index in [2.05, 4.69) is 9.89 Å². The summed E-state index contributed by atoms with van der Waals surface area (Å²) in [5, 5.41) is 0.419. The molecule has 19 heavy (non-hydrogen) atoms. The first-order chi connectivity index (χ1) is 9.09. The van der Waals surface area contributed by atoms with Crippen LogP contribution in [0.3, 0.4) is 0 Å². The number of hydrogen-bond donors (Lipinski definition) is 2. The summed E-state index contributed by atoms with van der Waals surface area (Å²) in [6.45, 7) is 2.15. The van der Waals surface area contributed by atoms with Gasteiger partial charge in [0.25, 0.3) is 0 Å². The van der Waals surface area contributed by atoms with Crippen LogP contribution in [0.5, 0.6) is 0 Å². The molecule has 0 radical (unpaired) electrons. The van der Waals surface area contributed by atoms with Gasteiger partial charge in [0, 0.05) is 10.6 Å². The number of nitrogens with two attached hydrogens (primary N) is 2. The molecule has 4 N–H and O–H groups in total. The number of guanidine groups is 1. The summed E-state index contributed by atoms with van der Waals surface area (Å²) in [6.07, 6.45) is 2.20. The molecule has 1 aromatic carbocycles. The van der Waals surface area contributed by atoms with Gasteiger partial charge in [-0.25, -0.2) is 4.39 Å². The van der Waals surface area contributed by atoms with Gasteiger partial charge in [-0.3, -0.25) is 9.89 Å². The van der Waals surface area contributed by atoms with Gasteiger partial charge in [0.2, 0.25) is 0 Å². The lowest BCUT2D eigenvalue weighted by Crippen LogP contribution is -2.31. The van der Waals surface area contributed by atoms with Gasteiger partial charge in [-0.15, -0.1) is 0 Å². The molecule has 104 valence electrons. The Morgan fingerprint density at radius 1 is 1.37 bits per heavy atom. The van der Waals surface area contributed by atoms with Crippen molar-refractivity contribution < 1.29 is 4.39 Å². The average molecular weight is 285 g/mol. The lowest BCUT2D eigenvalue weighted by Gasteiger charge is -2.27. The van der Waals surface area contributed by atoms with Crippen LogP contribution in [0.15, 0.2) is 23.2 Å². The van der Waals surface area contributed by atoms with Crippen molar-refractivity contribution in [3.05, 3.63) is 34.6 Å². The first-order valence-electron chi connectivity index (χ1n) is 6.33. The monoisotopic (exact) mass is 284 g/mol. The highest BCUT2D eigenvalue weighted by atomic mass is 35.5. The lowest BCUT2D eigenvalue weighted by molar-refractivity contribution is 0.246. The maximum Gasteiger partial charge on any atom is 0.185 e. The third kappa shape index (κ3) is 3.36. The molecule has 1 aromatic rings. The van der Waals surface area contributed by atoms with Crippen molar-refractivity contribution in [3.63, 3.8) is 0 Å². The molecule has 6 heteroatoms. The quantitative estimate of drug-likeness (QED) is 0.655. The largest absolute Gasteiger partial charge is 0.370 e. The highest BCUT2D eigenvalue weighted by Gasteiger charge is 2.27. The fraction of sp³-hybridized carbons (Fsp3) is 0.462. The van der Waals surface area contributed by atoms with Crippen LogP contribution in [0.25, 0.3) is 0 Å². The Labute approximate surface area is 117 Å². The number of aliphatic imine (C=N–C) groups is 1. The highest BCUT2D eigenvalue weighted by Crippen LogP contribution is 2.32. The number of halogens is 2. The SMILES string of the molecule is NC(N)=NC[C@H](c1c(F)cccc1Cl)N1CCCC1. The third-order valence-corrected chi connectivity index (χ3v) is 3.69. The molecule has 0 saturated carbocycles. The Morgan fingerprint density at radius 3 is 2.63 bits per heavy atom. The Hall–Kier alpha value is -1.33. The Balaban J connectivity index is 2.33. The van der Waals surface area contributed by atoms with Crippen LogP contribution in [-0.4, -0.2) is 30.5 Å². The van der Waals surface area contributed by atoms with E-state index in [1.165, 1.54) is 6.07 Å². The molecule has 1 aliphatic rings. The number of likely N-dealkylation sites (tertiary alicyclic amines) is 1. The average Bonchev–Trinajstić information content (AvgIpc) is 2.86. The van der Waals surface area contributed by atoms with Crippen molar-refractivity contribution in [2.24, 2.45) is 16.5 Å². The summed E-state index contributed by atoms with van der Waals surface area (Å²) in [5.41, 5.74) is 11.2. The van der Waals surface area contributed by atoms with E-state index in [1.807, 2.05) is 0 Å². The maximum absolute atomic E-state index is 14.1. The minimum Gasteiger partial charge on any atom is -0.370 e. The van der Waals surface area contributed by atoms with E-state index in [0.717, 1.165) is 25.9 Å². The van der Waals surface area contributed by atoms with Crippen molar-refractivity contribution in [3.8, 4) is 0 Å². The predicted octanol–water partition coefficient (Wildman–Crippen LogP) is 1.89. The molecule has 0 unspecified atom stereocenters. The second-order valence-electron chi connectivity index (χ2n) is 4.66. The fourth-order valence-corrected chi connectivity index (χ4v) is 2.75. The summed E-state index contributed by atoms with van der Waals surface area (Å²) in [7, 11) is 0. The lowest BCUT2D eigenvalue weighted by atomic mass is 10.0. The summed E-state index contributed by atoms with van der Waals surface area (Å²) < 4.78 is 14.1. The molecule has 1 saturated heterocycles. The van der Waals surface area contributed by atoms with Crippen LogP contribution in [0.2, 0.25) is 5.02 Å². The van der Waals surface area contributed by atoms with Crippen molar-refractivity contribution >= 4 is 17.6 Å². The first kappa shape index (κ1) is 14.1. The van der Waals surface area contributed by atoms with E-state index < -0.39 is 0 Å². The van der Waals surface area contributed by atoms with Gasteiger partial charge in [-0.1, -0.05) is 17.7 Å². The van der Waals surface area contributed by atoms with E-state index in [0.29, 0.717) is 17.1 Å². The Bertz CT molecular complexity index is 447. The van der Waals surface area contributed by atoms with E-state index in [4.69, 9.17) is 23.1 Å². The second-order valence-corrected chi connectivity index (χ2v) is 5.07. The van der Waals surface area contributed by atoms with Gasteiger partial charge < -0.3 is 11.5 Å². The molecule has 1 fully saturated rings. The van der Waals surface area contributed by atoms with E-state index in [9.17, 15) is 4.39 Å². The number of hydrogen-bond acceptors (Lipinski definition) is 2. The predicted molar refractivity (Wildman–Crippen MR) is 75.6 cm³/mol. The van der Waals surface area contributed by atoms with Gasteiger partial charge in [0.15, 0.2) is 5.96 Å². The first-order valence-corrected chi connectivity index (χ1v) is 6.70. The van der Waals surface area contributed by atoms with Crippen LogP contribution in [0.4, 0.5) is 4.39 Å². The van der Waals surface area contributed by atoms with Crippen LogP contribution < -0.4 is 11.5 Å². The Kier molecular flexibility index (Phi) is 4.61. The van der Waals surface area contributed by atoms with Crippen LogP contribution >= 0.6 is 11.6 Å². The number of benzene rings is 1. The summed E-state index contributed by atoms with van der Waals surface area (Å²) in [6, 6.07) is 4.50.